The predicted molar refractivity (Wildman–Crippen MR) is 107 cm³/mol. The monoisotopic (exact) mass is 450 g/mol. The molecule has 0 bridgehead atoms. The van der Waals surface area contributed by atoms with Crippen LogP contribution in [0.15, 0.2) is 24.3 Å². The van der Waals surface area contributed by atoms with Crippen LogP contribution in [0.3, 0.4) is 0 Å². The number of likely N-dealkylation sites (N-methyl/N-ethyl adjacent to an activating group) is 1. The summed E-state index contributed by atoms with van der Waals surface area (Å²) in [6.07, 6.45) is -7.16. The third-order valence-electron chi connectivity index (χ3n) is 5.23. The summed E-state index contributed by atoms with van der Waals surface area (Å²) in [5.41, 5.74) is -0.621. The van der Waals surface area contributed by atoms with Gasteiger partial charge in [-0.05, 0) is 35.8 Å². The van der Waals surface area contributed by atoms with Gasteiger partial charge in [0.15, 0.2) is 8.32 Å². The molecule has 1 aromatic rings. The number of benzene rings is 1. The number of carbonyl (C=O) groups excluding carboxylic acids is 1. The van der Waals surface area contributed by atoms with Crippen LogP contribution in [0, 0.1) is 0 Å². The average Bonchev–Trinajstić information content (AvgIpc) is 2.61. The van der Waals surface area contributed by atoms with Crippen molar-refractivity contribution in [1.82, 2.24) is 10.4 Å². The number of hydrogen-bond acceptors (Lipinski definition) is 4. The Morgan fingerprint density at radius 3 is 2.00 bits per heavy atom. The van der Waals surface area contributed by atoms with Gasteiger partial charge in [-0.2, -0.15) is 13.2 Å². The zero-order valence-corrected chi connectivity index (χ0v) is 19.1. The maximum Gasteiger partial charge on any atom is 0.416 e. The molecule has 0 aromatic heterocycles. The molecule has 0 spiro atoms. The molecule has 2 atom stereocenters. The molecule has 0 aliphatic heterocycles. The van der Waals surface area contributed by atoms with Crippen LogP contribution in [0.5, 0.6) is 0 Å². The quantitative estimate of drug-likeness (QED) is 0.474. The van der Waals surface area contributed by atoms with Crippen LogP contribution in [-0.4, -0.2) is 50.7 Å². The van der Waals surface area contributed by atoms with E-state index in [0.717, 1.165) is 17.2 Å². The van der Waals surface area contributed by atoms with Crippen molar-refractivity contribution >= 4 is 20.3 Å². The molecule has 11 heteroatoms. The standard InChI is InChI=1S/C19H29F3N2O5Si/c1-18(2,3)30(6,7)29-15(12-8-10-13(11-9-12)19(20,21)22)14(23-17(26)27)16(25)24(4)28-5/h8-11,14-15,23H,1-7H3,(H,26,27)/t14-,15+/m0/s1. The van der Waals surface area contributed by atoms with Crippen LogP contribution >= 0.6 is 0 Å². The number of carbonyl (C=O) groups is 2. The molecule has 170 valence electrons. The average molecular weight is 451 g/mol. The first kappa shape index (κ1) is 25.9. The number of nitrogens with zero attached hydrogens (tertiary/aromatic N) is 1. The highest BCUT2D eigenvalue weighted by Crippen LogP contribution is 2.41. The SMILES string of the molecule is CON(C)C(=O)[C@@H](NC(=O)O)[C@H](O[Si](C)(C)C(C)(C)C)c1ccc(C(F)(F)F)cc1. The summed E-state index contributed by atoms with van der Waals surface area (Å²) < 4.78 is 45.2. The van der Waals surface area contributed by atoms with Gasteiger partial charge in [0.25, 0.3) is 5.91 Å². The van der Waals surface area contributed by atoms with E-state index in [1.54, 1.807) is 0 Å². The van der Waals surface area contributed by atoms with Gasteiger partial charge in [-0.1, -0.05) is 32.9 Å². The number of hydrogen-bond donors (Lipinski definition) is 2. The van der Waals surface area contributed by atoms with Gasteiger partial charge >= 0.3 is 12.3 Å². The van der Waals surface area contributed by atoms with Crippen LogP contribution in [0.2, 0.25) is 18.1 Å². The topological polar surface area (TPSA) is 88.1 Å². The Kier molecular flexibility index (Phi) is 8.08. The van der Waals surface area contributed by atoms with Gasteiger partial charge in [0.1, 0.15) is 6.04 Å². The van der Waals surface area contributed by atoms with E-state index in [9.17, 15) is 27.9 Å². The van der Waals surface area contributed by atoms with E-state index in [1.807, 2.05) is 33.9 Å². The Bertz CT molecular complexity index is 748. The Morgan fingerprint density at radius 1 is 1.13 bits per heavy atom. The first-order valence-corrected chi connectivity index (χ1v) is 12.1. The van der Waals surface area contributed by atoms with Gasteiger partial charge in [0.2, 0.25) is 0 Å². The summed E-state index contributed by atoms with van der Waals surface area (Å²) in [6, 6.07) is 2.70. The fourth-order valence-electron chi connectivity index (χ4n) is 2.37. The minimum Gasteiger partial charge on any atom is -0.465 e. The van der Waals surface area contributed by atoms with E-state index < -0.39 is 44.2 Å². The van der Waals surface area contributed by atoms with E-state index in [2.05, 4.69) is 5.32 Å². The number of halogens is 3. The molecule has 1 rings (SSSR count). The Labute approximate surface area is 175 Å². The van der Waals surface area contributed by atoms with E-state index in [1.165, 1.54) is 26.3 Å². The summed E-state index contributed by atoms with van der Waals surface area (Å²) in [4.78, 5) is 29.1. The molecule has 30 heavy (non-hydrogen) atoms. The second-order valence-corrected chi connectivity index (χ2v) is 13.1. The Morgan fingerprint density at radius 2 is 1.63 bits per heavy atom. The maximum atomic E-state index is 13.0. The molecule has 0 saturated carbocycles. The molecule has 0 fully saturated rings. The summed E-state index contributed by atoms with van der Waals surface area (Å²) in [5.74, 6) is -0.747. The fraction of sp³-hybridized carbons (Fsp3) is 0.579. The molecule has 0 aliphatic carbocycles. The van der Waals surface area contributed by atoms with Gasteiger partial charge in [0, 0.05) is 7.05 Å². The normalized spacial score (nSPS) is 14.7. The smallest absolute Gasteiger partial charge is 0.416 e. The molecule has 0 aliphatic rings. The van der Waals surface area contributed by atoms with E-state index in [-0.39, 0.29) is 10.6 Å². The number of rotatable bonds is 7. The molecule has 2 amide bonds. The van der Waals surface area contributed by atoms with Crippen LogP contribution < -0.4 is 5.32 Å². The van der Waals surface area contributed by atoms with Gasteiger partial charge in [-0.25, -0.2) is 9.86 Å². The highest BCUT2D eigenvalue weighted by atomic mass is 28.4. The number of alkyl halides is 3. The number of carboxylic acid groups (broad SMARTS) is 1. The molecule has 1 aromatic carbocycles. The van der Waals surface area contributed by atoms with Crippen LogP contribution in [0.25, 0.3) is 0 Å². The Balaban J connectivity index is 3.53. The lowest BCUT2D eigenvalue weighted by Crippen LogP contribution is -2.53. The molecule has 0 heterocycles. The molecule has 0 unspecified atom stereocenters. The third kappa shape index (κ3) is 6.44. The summed E-state index contributed by atoms with van der Waals surface area (Å²) in [5, 5.41) is 11.9. The minimum absolute atomic E-state index is 0.240. The van der Waals surface area contributed by atoms with Crippen molar-refractivity contribution in [2.24, 2.45) is 0 Å². The van der Waals surface area contributed by atoms with Crippen molar-refractivity contribution in [2.75, 3.05) is 14.2 Å². The van der Waals surface area contributed by atoms with E-state index in [4.69, 9.17) is 9.26 Å². The van der Waals surface area contributed by atoms with E-state index >= 15 is 0 Å². The molecule has 0 saturated heterocycles. The van der Waals surface area contributed by atoms with Gasteiger partial charge in [-0.3, -0.25) is 9.63 Å². The van der Waals surface area contributed by atoms with Gasteiger partial charge < -0.3 is 14.8 Å². The summed E-state index contributed by atoms with van der Waals surface area (Å²) in [6.45, 7) is 9.64. The van der Waals surface area contributed by atoms with Crippen molar-refractivity contribution in [3.8, 4) is 0 Å². The number of hydroxylamine groups is 2. The van der Waals surface area contributed by atoms with E-state index in [0.29, 0.717) is 0 Å². The Hall–Kier alpha value is -2.11. The number of nitrogens with one attached hydrogen (secondary N) is 1. The highest BCUT2D eigenvalue weighted by molar-refractivity contribution is 6.74. The van der Waals surface area contributed by atoms with Crippen molar-refractivity contribution < 1.29 is 37.1 Å². The second-order valence-electron chi connectivity index (χ2n) is 8.36. The molecule has 2 N–H and O–H groups in total. The van der Waals surface area contributed by atoms with Crippen molar-refractivity contribution in [2.45, 2.75) is 57.2 Å². The maximum absolute atomic E-state index is 13.0. The summed E-state index contributed by atoms with van der Waals surface area (Å²) >= 11 is 0. The van der Waals surface area contributed by atoms with Crippen LogP contribution in [0.1, 0.15) is 38.0 Å². The van der Waals surface area contributed by atoms with Gasteiger partial charge in [-0.15, -0.1) is 0 Å². The lowest BCUT2D eigenvalue weighted by atomic mass is 10.00. The number of amides is 2. The van der Waals surface area contributed by atoms with Crippen molar-refractivity contribution in [3.05, 3.63) is 35.4 Å². The predicted octanol–water partition coefficient (Wildman–Crippen LogP) is 4.42. The summed E-state index contributed by atoms with van der Waals surface area (Å²) in [7, 11) is -0.0381. The van der Waals surface area contributed by atoms with Crippen LogP contribution in [-0.2, 0) is 20.2 Å². The zero-order chi connectivity index (χ0) is 23.5. The van der Waals surface area contributed by atoms with Crippen molar-refractivity contribution in [1.29, 1.82) is 0 Å². The van der Waals surface area contributed by atoms with Crippen molar-refractivity contribution in [3.63, 3.8) is 0 Å². The van der Waals surface area contributed by atoms with Crippen LogP contribution in [0.4, 0.5) is 18.0 Å². The highest BCUT2D eigenvalue weighted by Gasteiger charge is 2.44. The lowest BCUT2D eigenvalue weighted by molar-refractivity contribution is -0.173. The molecule has 0 radical (unpaired) electrons. The minimum atomic E-state index is -4.53. The first-order valence-electron chi connectivity index (χ1n) is 9.17. The third-order valence-corrected chi connectivity index (χ3v) is 9.68. The van der Waals surface area contributed by atoms with Gasteiger partial charge in [0.05, 0.1) is 18.8 Å². The zero-order valence-electron chi connectivity index (χ0n) is 18.1. The largest absolute Gasteiger partial charge is 0.465 e. The second kappa shape index (κ2) is 9.35. The first-order chi connectivity index (χ1) is 13.5. The lowest BCUT2D eigenvalue weighted by Gasteiger charge is -2.41. The fourth-order valence-corrected chi connectivity index (χ4v) is 3.63. The molecular weight excluding hydrogens is 421 g/mol. The molecular formula is C19H29F3N2O5Si. The molecule has 7 nitrogen and oxygen atoms in total.